The molecule has 0 radical (unpaired) electrons. The van der Waals surface area contributed by atoms with E-state index in [1.54, 1.807) is 16.9 Å². The van der Waals surface area contributed by atoms with Gasteiger partial charge >= 0.3 is 0 Å². The minimum Gasteiger partial charge on any atom is -0.369 e. The van der Waals surface area contributed by atoms with Gasteiger partial charge in [0, 0.05) is 37.3 Å². The van der Waals surface area contributed by atoms with Crippen LogP contribution < -0.4 is 10.9 Å². The topological polar surface area (TPSA) is 89.0 Å². The third kappa shape index (κ3) is 2.99. The average molecular weight is 330 g/mol. The highest BCUT2D eigenvalue weighted by Gasteiger charge is 2.31. The number of hydrogen-bond donors (Lipinski definition) is 2. The molecule has 0 aliphatic carbocycles. The quantitative estimate of drug-likeness (QED) is 0.889. The smallest absolute Gasteiger partial charge is 0.272 e. The molecule has 2 atom stereocenters. The van der Waals surface area contributed by atoms with Gasteiger partial charge in [0.25, 0.3) is 11.5 Å². The SMILES string of the molecule is Cc1c[nH]c(=O)c(CNC(=O)c2nn(C)c3c2C[C@@H](C)O[C@H]3C)c1. The molecule has 1 amide bonds. The lowest BCUT2D eigenvalue weighted by Crippen LogP contribution is -2.29. The van der Waals surface area contributed by atoms with Crippen LogP contribution in [0.2, 0.25) is 0 Å². The second-order valence-corrected chi connectivity index (χ2v) is 6.34. The number of hydrogen-bond acceptors (Lipinski definition) is 4. The van der Waals surface area contributed by atoms with Crippen molar-refractivity contribution in [2.24, 2.45) is 7.05 Å². The molecule has 7 nitrogen and oxygen atoms in total. The van der Waals surface area contributed by atoms with E-state index in [2.05, 4.69) is 15.4 Å². The van der Waals surface area contributed by atoms with Gasteiger partial charge in [-0.1, -0.05) is 0 Å². The number of amides is 1. The first-order valence-electron chi connectivity index (χ1n) is 8.04. The molecule has 2 aromatic heterocycles. The Morgan fingerprint density at radius 3 is 3.00 bits per heavy atom. The highest BCUT2D eigenvalue weighted by Crippen LogP contribution is 2.31. The molecular formula is C17H22N4O3. The fourth-order valence-electron chi connectivity index (χ4n) is 3.27. The van der Waals surface area contributed by atoms with Crippen LogP contribution in [0.4, 0.5) is 0 Å². The fourth-order valence-corrected chi connectivity index (χ4v) is 3.27. The van der Waals surface area contributed by atoms with Gasteiger partial charge in [0.15, 0.2) is 5.69 Å². The predicted octanol–water partition coefficient (Wildman–Crippen LogP) is 1.37. The van der Waals surface area contributed by atoms with Crippen LogP contribution in [0, 0.1) is 6.92 Å². The van der Waals surface area contributed by atoms with E-state index in [1.165, 1.54) is 0 Å². The summed E-state index contributed by atoms with van der Waals surface area (Å²) in [5.41, 5.74) is 3.55. The van der Waals surface area contributed by atoms with Crippen molar-refractivity contribution in [1.29, 1.82) is 0 Å². The molecule has 1 aliphatic heterocycles. The predicted molar refractivity (Wildman–Crippen MR) is 88.8 cm³/mol. The monoisotopic (exact) mass is 330 g/mol. The summed E-state index contributed by atoms with van der Waals surface area (Å²) in [7, 11) is 1.82. The van der Waals surface area contributed by atoms with E-state index in [1.807, 2.05) is 27.8 Å². The van der Waals surface area contributed by atoms with E-state index in [-0.39, 0.29) is 30.2 Å². The molecule has 0 unspecified atom stereocenters. The van der Waals surface area contributed by atoms with Gasteiger partial charge in [-0.3, -0.25) is 14.3 Å². The molecule has 128 valence electrons. The molecule has 0 saturated heterocycles. The van der Waals surface area contributed by atoms with Crippen molar-refractivity contribution < 1.29 is 9.53 Å². The Labute approximate surface area is 140 Å². The third-order valence-corrected chi connectivity index (χ3v) is 4.29. The first kappa shape index (κ1) is 16.4. The third-order valence-electron chi connectivity index (χ3n) is 4.29. The second kappa shape index (κ2) is 6.24. The van der Waals surface area contributed by atoms with Crippen LogP contribution in [-0.2, 0) is 24.8 Å². The molecule has 2 aromatic rings. The van der Waals surface area contributed by atoms with Crippen molar-refractivity contribution in [2.45, 2.75) is 45.9 Å². The van der Waals surface area contributed by atoms with E-state index >= 15 is 0 Å². The van der Waals surface area contributed by atoms with Crippen LogP contribution in [0.5, 0.6) is 0 Å². The molecule has 0 aromatic carbocycles. The molecule has 0 spiro atoms. The standard InChI is InChI=1S/C17H22N4O3/c1-9-5-12(16(22)18-7-9)8-19-17(23)14-13-6-10(2)24-11(3)15(13)21(4)20-14/h5,7,10-11H,6,8H2,1-4H3,(H,18,22)(H,19,23)/t10-,11+/m1/s1. The van der Waals surface area contributed by atoms with Crippen molar-refractivity contribution in [2.75, 3.05) is 0 Å². The Morgan fingerprint density at radius 2 is 2.25 bits per heavy atom. The normalized spacial score (nSPS) is 19.8. The summed E-state index contributed by atoms with van der Waals surface area (Å²) in [6.07, 6.45) is 2.25. The second-order valence-electron chi connectivity index (χ2n) is 6.34. The number of carbonyl (C=O) groups excluding carboxylic acids is 1. The summed E-state index contributed by atoms with van der Waals surface area (Å²) in [5, 5.41) is 7.17. The number of nitrogens with one attached hydrogen (secondary N) is 2. The molecule has 0 bridgehead atoms. The van der Waals surface area contributed by atoms with Crippen LogP contribution >= 0.6 is 0 Å². The first-order chi connectivity index (χ1) is 11.4. The maximum absolute atomic E-state index is 12.6. The lowest BCUT2D eigenvalue weighted by molar-refractivity contribution is -0.00903. The molecule has 0 saturated carbocycles. The van der Waals surface area contributed by atoms with Crippen molar-refractivity contribution in [3.63, 3.8) is 0 Å². The van der Waals surface area contributed by atoms with E-state index < -0.39 is 0 Å². The van der Waals surface area contributed by atoms with E-state index in [4.69, 9.17) is 4.74 Å². The first-order valence-corrected chi connectivity index (χ1v) is 8.04. The molecule has 24 heavy (non-hydrogen) atoms. The Balaban J connectivity index is 1.82. The zero-order valence-electron chi connectivity index (χ0n) is 14.3. The van der Waals surface area contributed by atoms with Crippen molar-refractivity contribution in [1.82, 2.24) is 20.1 Å². The van der Waals surface area contributed by atoms with Gasteiger partial charge in [0.2, 0.25) is 0 Å². The number of aromatic amines is 1. The van der Waals surface area contributed by atoms with E-state index in [0.29, 0.717) is 17.7 Å². The van der Waals surface area contributed by atoms with Gasteiger partial charge in [-0.25, -0.2) is 0 Å². The van der Waals surface area contributed by atoms with E-state index in [9.17, 15) is 9.59 Å². The van der Waals surface area contributed by atoms with Gasteiger partial charge in [-0.15, -0.1) is 0 Å². The number of aryl methyl sites for hydroxylation is 2. The number of carbonyl (C=O) groups is 1. The number of nitrogens with zero attached hydrogens (tertiary/aromatic N) is 2. The van der Waals surface area contributed by atoms with Crippen LogP contribution in [0.15, 0.2) is 17.1 Å². The molecule has 2 N–H and O–H groups in total. The number of H-pyrrole nitrogens is 1. The summed E-state index contributed by atoms with van der Waals surface area (Å²) in [6, 6.07) is 1.77. The van der Waals surface area contributed by atoms with Crippen LogP contribution in [0.3, 0.4) is 0 Å². The average Bonchev–Trinajstić information content (AvgIpc) is 2.85. The molecule has 3 heterocycles. The lowest BCUT2D eigenvalue weighted by Gasteiger charge is -2.26. The Bertz CT molecular complexity index is 837. The zero-order chi connectivity index (χ0) is 17.4. The molecule has 3 rings (SSSR count). The fraction of sp³-hybridized carbons (Fsp3) is 0.471. The maximum atomic E-state index is 12.6. The number of rotatable bonds is 3. The number of ether oxygens (including phenoxy) is 1. The number of aromatic nitrogens is 3. The van der Waals surface area contributed by atoms with Crippen LogP contribution in [0.25, 0.3) is 0 Å². The highest BCUT2D eigenvalue weighted by atomic mass is 16.5. The minimum absolute atomic E-state index is 0.0443. The van der Waals surface area contributed by atoms with Gasteiger partial charge in [-0.05, 0) is 32.4 Å². The number of fused-ring (bicyclic) bond motifs is 1. The zero-order valence-corrected chi connectivity index (χ0v) is 14.3. The largest absolute Gasteiger partial charge is 0.369 e. The Kier molecular flexibility index (Phi) is 4.28. The molecule has 7 heteroatoms. The molecule has 0 fully saturated rings. The van der Waals surface area contributed by atoms with Crippen molar-refractivity contribution in [3.8, 4) is 0 Å². The highest BCUT2D eigenvalue weighted by molar-refractivity contribution is 5.94. The summed E-state index contributed by atoms with van der Waals surface area (Å²) in [6.45, 7) is 6.01. The lowest BCUT2D eigenvalue weighted by atomic mass is 9.99. The minimum atomic E-state index is -0.269. The summed E-state index contributed by atoms with van der Waals surface area (Å²) < 4.78 is 7.52. The number of pyridine rings is 1. The van der Waals surface area contributed by atoms with Crippen LogP contribution in [-0.4, -0.2) is 26.8 Å². The summed E-state index contributed by atoms with van der Waals surface area (Å²) >= 11 is 0. The molecular weight excluding hydrogens is 308 g/mol. The molecule has 1 aliphatic rings. The maximum Gasteiger partial charge on any atom is 0.272 e. The van der Waals surface area contributed by atoms with Gasteiger partial charge in [0.1, 0.15) is 0 Å². The Morgan fingerprint density at radius 1 is 1.50 bits per heavy atom. The van der Waals surface area contributed by atoms with Crippen LogP contribution in [0.1, 0.15) is 52.8 Å². The Hall–Kier alpha value is -2.41. The van der Waals surface area contributed by atoms with Gasteiger partial charge in [0.05, 0.1) is 17.9 Å². The van der Waals surface area contributed by atoms with E-state index in [0.717, 1.165) is 16.8 Å². The summed E-state index contributed by atoms with van der Waals surface area (Å²) in [5.74, 6) is -0.269. The van der Waals surface area contributed by atoms with Crippen molar-refractivity contribution >= 4 is 5.91 Å². The summed E-state index contributed by atoms with van der Waals surface area (Å²) in [4.78, 5) is 27.0. The van der Waals surface area contributed by atoms with Gasteiger partial charge < -0.3 is 15.0 Å². The van der Waals surface area contributed by atoms with Crippen molar-refractivity contribution in [3.05, 3.63) is 50.7 Å². The van der Waals surface area contributed by atoms with Gasteiger partial charge in [-0.2, -0.15) is 5.10 Å².